The SMILES string of the molecule is C=CC(=CC=C(C)Cl)NC(=O)NCc1cccc(CNC(=O)Nc2ccc(Cl)cc2)c1. The molecule has 0 unspecified atom stereocenters. The largest absolute Gasteiger partial charge is 0.334 e. The average molecular weight is 459 g/mol. The van der Waals surface area contributed by atoms with Gasteiger partial charge in [0.15, 0.2) is 0 Å². The molecule has 0 saturated heterocycles. The van der Waals surface area contributed by atoms with Gasteiger partial charge in [0.25, 0.3) is 0 Å². The first-order valence-electron chi connectivity index (χ1n) is 9.45. The fourth-order valence-electron chi connectivity index (χ4n) is 2.46. The Hall–Kier alpha value is -3.22. The lowest BCUT2D eigenvalue weighted by Gasteiger charge is -2.10. The Morgan fingerprint density at radius 3 is 2.16 bits per heavy atom. The van der Waals surface area contributed by atoms with Crippen LogP contribution in [0, 0.1) is 0 Å². The Kier molecular flexibility index (Phi) is 9.68. The van der Waals surface area contributed by atoms with Gasteiger partial charge in [-0.05, 0) is 60.5 Å². The molecule has 2 aromatic rings. The molecule has 0 saturated carbocycles. The van der Waals surface area contributed by atoms with Crippen molar-refractivity contribution in [3.63, 3.8) is 0 Å². The number of hydrogen-bond donors (Lipinski definition) is 4. The van der Waals surface area contributed by atoms with Crippen LogP contribution in [0.2, 0.25) is 5.02 Å². The van der Waals surface area contributed by atoms with E-state index in [0.717, 1.165) is 11.1 Å². The predicted octanol–water partition coefficient (Wildman–Crippen LogP) is 5.67. The molecule has 0 aliphatic rings. The Morgan fingerprint density at radius 1 is 0.968 bits per heavy atom. The van der Waals surface area contributed by atoms with Crippen molar-refractivity contribution < 1.29 is 9.59 Å². The molecule has 0 atom stereocenters. The molecule has 6 nitrogen and oxygen atoms in total. The van der Waals surface area contributed by atoms with E-state index >= 15 is 0 Å². The zero-order chi connectivity index (χ0) is 22.6. The molecule has 0 aromatic heterocycles. The number of carbonyl (C=O) groups excluding carboxylic acids is 2. The maximum atomic E-state index is 12.1. The normalized spacial score (nSPS) is 11.5. The van der Waals surface area contributed by atoms with Gasteiger partial charge in [-0.25, -0.2) is 9.59 Å². The monoisotopic (exact) mass is 458 g/mol. The maximum absolute atomic E-state index is 12.1. The molecule has 4 N–H and O–H groups in total. The van der Waals surface area contributed by atoms with Crippen molar-refractivity contribution in [2.75, 3.05) is 5.32 Å². The summed E-state index contributed by atoms with van der Waals surface area (Å²) in [7, 11) is 0. The van der Waals surface area contributed by atoms with Crippen molar-refractivity contribution in [1.29, 1.82) is 0 Å². The Labute approximate surface area is 192 Å². The zero-order valence-corrected chi connectivity index (χ0v) is 18.6. The van der Waals surface area contributed by atoms with Crippen LogP contribution in [0.5, 0.6) is 0 Å². The van der Waals surface area contributed by atoms with E-state index in [1.54, 1.807) is 43.3 Å². The van der Waals surface area contributed by atoms with Crippen LogP contribution in [-0.2, 0) is 13.1 Å². The van der Waals surface area contributed by atoms with E-state index in [4.69, 9.17) is 23.2 Å². The van der Waals surface area contributed by atoms with Crippen molar-refractivity contribution in [3.8, 4) is 0 Å². The van der Waals surface area contributed by atoms with Crippen LogP contribution < -0.4 is 21.3 Å². The van der Waals surface area contributed by atoms with Gasteiger partial charge in [0, 0.05) is 34.5 Å². The maximum Gasteiger partial charge on any atom is 0.319 e. The van der Waals surface area contributed by atoms with Crippen LogP contribution in [0.25, 0.3) is 0 Å². The molecule has 8 heteroatoms. The standard InChI is InChI=1S/C23H24Cl2N4O2/c1-3-20(10-7-16(2)24)28-22(30)26-14-17-5-4-6-18(13-17)15-27-23(31)29-21-11-8-19(25)9-12-21/h3-13H,1,14-15H2,2H3,(H2,26,28,30)(H2,27,29,31). The number of carbonyl (C=O) groups is 2. The number of nitrogens with one attached hydrogen (secondary N) is 4. The molecule has 0 heterocycles. The van der Waals surface area contributed by atoms with Crippen molar-refractivity contribution in [1.82, 2.24) is 16.0 Å². The molecule has 2 aromatic carbocycles. The van der Waals surface area contributed by atoms with Gasteiger partial charge in [0.05, 0.1) is 0 Å². The number of halogens is 2. The molecule has 162 valence electrons. The molecule has 2 rings (SSSR count). The lowest BCUT2D eigenvalue weighted by Crippen LogP contribution is -2.34. The molecule has 31 heavy (non-hydrogen) atoms. The van der Waals surface area contributed by atoms with E-state index < -0.39 is 0 Å². The van der Waals surface area contributed by atoms with Crippen molar-refractivity contribution in [2.24, 2.45) is 0 Å². The van der Waals surface area contributed by atoms with E-state index in [9.17, 15) is 9.59 Å². The lowest BCUT2D eigenvalue weighted by atomic mass is 10.1. The summed E-state index contributed by atoms with van der Waals surface area (Å²) in [5.41, 5.74) is 2.98. The van der Waals surface area contributed by atoms with Crippen molar-refractivity contribution in [3.05, 3.63) is 100 Å². The van der Waals surface area contributed by atoms with Gasteiger partial charge < -0.3 is 21.3 Å². The Bertz CT molecular complexity index is 981. The van der Waals surface area contributed by atoms with E-state index in [2.05, 4.69) is 27.8 Å². The summed E-state index contributed by atoms with van der Waals surface area (Å²) < 4.78 is 0. The first kappa shape index (κ1) is 24.1. The van der Waals surface area contributed by atoms with Crippen LogP contribution in [0.1, 0.15) is 18.1 Å². The molecule has 0 aliphatic carbocycles. The highest BCUT2D eigenvalue weighted by Gasteiger charge is 2.05. The van der Waals surface area contributed by atoms with Crippen LogP contribution >= 0.6 is 23.2 Å². The number of benzene rings is 2. The lowest BCUT2D eigenvalue weighted by molar-refractivity contribution is 0.243. The third-order valence-electron chi connectivity index (χ3n) is 3.97. The van der Waals surface area contributed by atoms with Gasteiger partial charge in [-0.2, -0.15) is 0 Å². The van der Waals surface area contributed by atoms with Crippen molar-refractivity contribution >= 4 is 41.0 Å². The number of anilines is 1. The first-order chi connectivity index (χ1) is 14.9. The molecule has 0 fully saturated rings. The van der Waals surface area contributed by atoms with Gasteiger partial charge in [-0.15, -0.1) is 0 Å². The fraction of sp³-hybridized carbons (Fsp3) is 0.130. The molecule has 0 radical (unpaired) electrons. The number of hydrogen-bond acceptors (Lipinski definition) is 2. The molecular formula is C23H24Cl2N4O2. The van der Waals surface area contributed by atoms with Gasteiger partial charge in [-0.1, -0.05) is 54.0 Å². The average Bonchev–Trinajstić information content (AvgIpc) is 2.75. The molecular weight excluding hydrogens is 435 g/mol. The minimum absolute atomic E-state index is 0.324. The highest BCUT2D eigenvalue weighted by atomic mass is 35.5. The van der Waals surface area contributed by atoms with Crippen LogP contribution in [-0.4, -0.2) is 12.1 Å². The van der Waals surface area contributed by atoms with Gasteiger partial charge in [0.2, 0.25) is 0 Å². The molecule has 4 amide bonds. The summed E-state index contributed by atoms with van der Waals surface area (Å²) in [5, 5.41) is 12.2. The summed E-state index contributed by atoms with van der Waals surface area (Å²) in [4.78, 5) is 24.1. The van der Waals surface area contributed by atoms with Gasteiger partial charge in [-0.3, -0.25) is 0 Å². The second-order valence-electron chi connectivity index (χ2n) is 6.52. The number of allylic oxidation sites excluding steroid dienone is 4. The number of amides is 4. The quantitative estimate of drug-likeness (QED) is 0.384. The van der Waals surface area contributed by atoms with Crippen LogP contribution in [0.4, 0.5) is 15.3 Å². The van der Waals surface area contributed by atoms with Crippen molar-refractivity contribution in [2.45, 2.75) is 20.0 Å². The minimum atomic E-state index is -0.363. The smallest absolute Gasteiger partial charge is 0.319 e. The minimum Gasteiger partial charge on any atom is -0.334 e. The number of urea groups is 2. The number of rotatable bonds is 8. The summed E-state index contributed by atoms with van der Waals surface area (Å²) in [6.07, 6.45) is 4.85. The topological polar surface area (TPSA) is 82.3 Å². The van der Waals surface area contributed by atoms with E-state index in [1.807, 2.05) is 24.3 Å². The third-order valence-corrected chi connectivity index (χ3v) is 4.35. The summed E-state index contributed by atoms with van der Waals surface area (Å²) in [6.45, 7) is 6.06. The van der Waals surface area contributed by atoms with Gasteiger partial charge in [0.1, 0.15) is 0 Å². The van der Waals surface area contributed by atoms with E-state index in [0.29, 0.717) is 34.5 Å². The summed E-state index contributed by atoms with van der Waals surface area (Å²) >= 11 is 11.6. The van der Waals surface area contributed by atoms with E-state index in [-0.39, 0.29) is 12.1 Å². The highest BCUT2D eigenvalue weighted by molar-refractivity contribution is 6.30. The Balaban J connectivity index is 1.83. The molecule has 0 bridgehead atoms. The summed E-state index contributed by atoms with van der Waals surface area (Å²) in [6, 6.07) is 13.7. The van der Waals surface area contributed by atoms with E-state index in [1.165, 1.54) is 6.08 Å². The van der Waals surface area contributed by atoms with Crippen LogP contribution in [0.15, 0.2) is 84.1 Å². The second kappa shape index (κ2) is 12.5. The van der Waals surface area contributed by atoms with Gasteiger partial charge >= 0.3 is 12.1 Å². The first-order valence-corrected chi connectivity index (χ1v) is 10.2. The second-order valence-corrected chi connectivity index (χ2v) is 7.55. The Morgan fingerprint density at radius 2 is 1.58 bits per heavy atom. The summed E-state index contributed by atoms with van der Waals surface area (Å²) in [5.74, 6) is 0. The zero-order valence-electron chi connectivity index (χ0n) is 17.0. The fourth-order valence-corrected chi connectivity index (χ4v) is 2.65. The molecule has 0 aliphatic heterocycles. The predicted molar refractivity (Wildman–Crippen MR) is 127 cm³/mol. The van der Waals surface area contributed by atoms with Crippen LogP contribution in [0.3, 0.4) is 0 Å². The third kappa shape index (κ3) is 9.42. The molecule has 0 spiro atoms. The highest BCUT2D eigenvalue weighted by Crippen LogP contribution is 2.13.